The van der Waals surface area contributed by atoms with Gasteiger partial charge in [0.25, 0.3) is 0 Å². The third-order valence-electron chi connectivity index (χ3n) is 7.17. The predicted octanol–water partition coefficient (Wildman–Crippen LogP) is 3.67. The molecule has 2 aromatic rings. The van der Waals surface area contributed by atoms with Crippen LogP contribution in [0.1, 0.15) is 44.1 Å². The van der Waals surface area contributed by atoms with Crippen molar-refractivity contribution >= 4 is 11.7 Å². The first-order valence-electron chi connectivity index (χ1n) is 11.5. The number of benzene rings is 1. The third kappa shape index (κ3) is 4.32. The van der Waals surface area contributed by atoms with Gasteiger partial charge >= 0.3 is 0 Å². The van der Waals surface area contributed by atoms with Crippen LogP contribution in [-0.4, -0.2) is 54.6 Å². The molecule has 6 nitrogen and oxygen atoms in total. The highest BCUT2D eigenvalue weighted by molar-refractivity contribution is 5.98. The molecule has 6 heteroatoms. The van der Waals surface area contributed by atoms with Gasteiger partial charge in [-0.15, -0.1) is 0 Å². The summed E-state index contributed by atoms with van der Waals surface area (Å²) >= 11 is 0. The summed E-state index contributed by atoms with van der Waals surface area (Å²) in [7, 11) is 1.74. The highest BCUT2D eigenvalue weighted by atomic mass is 16.5. The standard InChI is InChI=1S/C25H34N4O2/c1-3-20-18-19(21-8-4-5-9-22(21)31-2)11-12-25(20,29-16-14-26-15-17-29)24(30)28-23-10-6-7-13-27-23/h4-10,13,19-20,26H,3,11-12,14-18H2,1-2H3,(H,27,28,30). The Morgan fingerprint density at radius 3 is 2.71 bits per heavy atom. The Morgan fingerprint density at radius 1 is 1.23 bits per heavy atom. The SMILES string of the molecule is CCC1CC(c2ccccc2OC)CCC1(C(=O)Nc1ccccn1)N1CCNCC1. The van der Waals surface area contributed by atoms with Crippen LogP contribution in [0.2, 0.25) is 0 Å². The molecule has 1 saturated carbocycles. The normalized spacial score (nSPS) is 26.9. The molecule has 31 heavy (non-hydrogen) atoms. The molecule has 4 rings (SSSR count). The van der Waals surface area contributed by atoms with Gasteiger partial charge in [0, 0.05) is 32.4 Å². The van der Waals surface area contributed by atoms with E-state index < -0.39 is 5.54 Å². The van der Waals surface area contributed by atoms with Crippen molar-refractivity contribution in [2.75, 3.05) is 38.6 Å². The molecule has 2 fully saturated rings. The van der Waals surface area contributed by atoms with Gasteiger partial charge in [0.05, 0.1) is 7.11 Å². The van der Waals surface area contributed by atoms with Crippen molar-refractivity contribution in [3.05, 3.63) is 54.2 Å². The minimum Gasteiger partial charge on any atom is -0.496 e. The van der Waals surface area contributed by atoms with Crippen LogP contribution in [0.4, 0.5) is 5.82 Å². The maximum absolute atomic E-state index is 13.9. The Labute approximate surface area is 185 Å². The minimum absolute atomic E-state index is 0.0958. The number of anilines is 1. The Hall–Kier alpha value is -2.44. The van der Waals surface area contributed by atoms with E-state index in [1.54, 1.807) is 13.3 Å². The number of nitrogens with zero attached hydrogens (tertiary/aromatic N) is 2. The summed E-state index contributed by atoms with van der Waals surface area (Å²) in [6.45, 7) is 5.85. The topological polar surface area (TPSA) is 66.5 Å². The Morgan fingerprint density at radius 2 is 2.00 bits per heavy atom. The molecular weight excluding hydrogens is 388 g/mol. The zero-order valence-electron chi connectivity index (χ0n) is 18.6. The van der Waals surface area contributed by atoms with E-state index in [0.717, 1.165) is 57.6 Å². The van der Waals surface area contributed by atoms with Gasteiger partial charge in [-0.1, -0.05) is 37.6 Å². The molecule has 1 saturated heterocycles. The fourth-order valence-corrected chi connectivity index (χ4v) is 5.63. The number of methoxy groups -OCH3 is 1. The number of hydrogen-bond acceptors (Lipinski definition) is 5. The second-order valence-corrected chi connectivity index (χ2v) is 8.65. The van der Waals surface area contributed by atoms with E-state index in [1.165, 1.54) is 5.56 Å². The van der Waals surface area contributed by atoms with Crippen LogP contribution in [0.25, 0.3) is 0 Å². The molecule has 1 aromatic carbocycles. The van der Waals surface area contributed by atoms with Crippen LogP contribution in [0.5, 0.6) is 5.75 Å². The smallest absolute Gasteiger partial charge is 0.246 e. The Balaban J connectivity index is 1.65. The summed E-state index contributed by atoms with van der Waals surface area (Å²) in [4.78, 5) is 20.7. The number of rotatable bonds is 6. The molecule has 3 atom stereocenters. The quantitative estimate of drug-likeness (QED) is 0.744. The molecule has 3 unspecified atom stereocenters. The number of carbonyl (C=O) groups excluding carboxylic acids is 1. The lowest BCUT2D eigenvalue weighted by Crippen LogP contribution is -2.66. The van der Waals surface area contributed by atoms with Crippen LogP contribution in [0, 0.1) is 5.92 Å². The van der Waals surface area contributed by atoms with Gasteiger partial charge in [0.1, 0.15) is 17.1 Å². The molecule has 0 radical (unpaired) electrons. The molecule has 2 N–H and O–H groups in total. The number of pyridine rings is 1. The molecular formula is C25H34N4O2. The second-order valence-electron chi connectivity index (χ2n) is 8.65. The summed E-state index contributed by atoms with van der Waals surface area (Å²) in [5.74, 6) is 2.34. The molecule has 1 aromatic heterocycles. The average molecular weight is 423 g/mol. The molecule has 1 amide bonds. The van der Waals surface area contributed by atoms with E-state index in [1.807, 2.05) is 30.3 Å². The number of para-hydroxylation sites is 1. The highest BCUT2D eigenvalue weighted by Crippen LogP contribution is 2.48. The van der Waals surface area contributed by atoms with Gasteiger partial charge in [0.15, 0.2) is 0 Å². The monoisotopic (exact) mass is 422 g/mol. The summed E-state index contributed by atoms with van der Waals surface area (Å²) in [5, 5.41) is 6.59. The molecule has 166 valence electrons. The van der Waals surface area contributed by atoms with Crippen molar-refractivity contribution in [2.24, 2.45) is 5.92 Å². The lowest BCUT2D eigenvalue weighted by molar-refractivity contribution is -0.136. The predicted molar refractivity (Wildman–Crippen MR) is 123 cm³/mol. The van der Waals surface area contributed by atoms with Crippen LogP contribution >= 0.6 is 0 Å². The maximum Gasteiger partial charge on any atom is 0.246 e. The summed E-state index contributed by atoms with van der Waals surface area (Å²) in [5.41, 5.74) is 0.759. The van der Waals surface area contributed by atoms with Crippen molar-refractivity contribution in [2.45, 2.75) is 44.1 Å². The fraction of sp³-hybridized carbons (Fsp3) is 0.520. The van der Waals surface area contributed by atoms with E-state index in [2.05, 4.69) is 39.6 Å². The number of hydrogen-bond donors (Lipinski definition) is 2. The zero-order chi connectivity index (χ0) is 21.7. The summed E-state index contributed by atoms with van der Waals surface area (Å²) < 4.78 is 5.66. The van der Waals surface area contributed by atoms with E-state index in [0.29, 0.717) is 11.7 Å². The molecule has 1 aliphatic heterocycles. The summed E-state index contributed by atoms with van der Waals surface area (Å²) in [6.07, 6.45) is 5.48. The van der Waals surface area contributed by atoms with Crippen molar-refractivity contribution in [1.29, 1.82) is 0 Å². The van der Waals surface area contributed by atoms with Crippen molar-refractivity contribution in [3.63, 3.8) is 0 Å². The lowest BCUT2D eigenvalue weighted by Gasteiger charge is -2.52. The molecule has 1 aliphatic carbocycles. The van der Waals surface area contributed by atoms with Gasteiger partial charge < -0.3 is 15.4 Å². The first-order chi connectivity index (χ1) is 15.2. The minimum atomic E-state index is -0.507. The van der Waals surface area contributed by atoms with Gasteiger partial charge in [-0.3, -0.25) is 9.69 Å². The first kappa shape index (κ1) is 21.8. The molecule has 0 bridgehead atoms. The maximum atomic E-state index is 13.9. The van der Waals surface area contributed by atoms with E-state index in [-0.39, 0.29) is 11.8 Å². The van der Waals surface area contributed by atoms with E-state index in [4.69, 9.17) is 4.74 Å². The molecule has 2 aliphatic rings. The van der Waals surface area contributed by atoms with Crippen molar-refractivity contribution in [1.82, 2.24) is 15.2 Å². The van der Waals surface area contributed by atoms with Crippen molar-refractivity contribution in [3.8, 4) is 5.75 Å². The Kier molecular flexibility index (Phi) is 6.88. The third-order valence-corrected chi connectivity index (χ3v) is 7.17. The average Bonchev–Trinajstić information content (AvgIpc) is 2.84. The first-order valence-corrected chi connectivity index (χ1v) is 11.5. The highest BCUT2D eigenvalue weighted by Gasteiger charge is 2.52. The van der Waals surface area contributed by atoms with Gasteiger partial charge in [0.2, 0.25) is 5.91 Å². The lowest BCUT2D eigenvalue weighted by atomic mass is 9.64. The molecule has 0 spiro atoms. The second kappa shape index (κ2) is 9.79. The van der Waals surface area contributed by atoms with Gasteiger partial charge in [-0.25, -0.2) is 4.98 Å². The van der Waals surface area contributed by atoms with Crippen LogP contribution in [-0.2, 0) is 4.79 Å². The number of piperazine rings is 1. The van der Waals surface area contributed by atoms with E-state index in [9.17, 15) is 4.79 Å². The number of aromatic nitrogens is 1. The van der Waals surface area contributed by atoms with Crippen LogP contribution < -0.4 is 15.4 Å². The zero-order valence-corrected chi connectivity index (χ0v) is 18.6. The number of ether oxygens (including phenoxy) is 1. The largest absolute Gasteiger partial charge is 0.496 e. The number of nitrogens with one attached hydrogen (secondary N) is 2. The summed E-state index contributed by atoms with van der Waals surface area (Å²) in [6, 6.07) is 14.0. The van der Waals surface area contributed by atoms with Gasteiger partial charge in [-0.2, -0.15) is 0 Å². The van der Waals surface area contributed by atoms with Crippen molar-refractivity contribution < 1.29 is 9.53 Å². The molecule has 2 heterocycles. The number of amides is 1. The van der Waals surface area contributed by atoms with Crippen LogP contribution in [0.15, 0.2) is 48.7 Å². The van der Waals surface area contributed by atoms with Gasteiger partial charge in [-0.05, 0) is 54.9 Å². The fourth-order valence-electron chi connectivity index (χ4n) is 5.63. The number of carbonyl (C=O) groups is 1. The van der Waals surface area contributed by atoms with E-state index >= 15 is 0 Å². The van der Waals surface area contributed by atoms with Crippen LogP contribution in [0.3, 0.4) is 0 Å². The Bertz CT molecular complexity index is 869.